The van der Waals surface area contributed by atoms with Crippen molar-refractivity contribution in [3.8, 4) is 11.8 Å². The van der Waals surface area contributed by atoms with Gasteiger partial charge in [0.15, 0.2) is 0 Å². The fourth-order valence-electron chi connectivity index (χ4n) is 2.57. The zero-order chi connectivity index (χ0) is 18.4. The molecule has 0 unspecified atom stereocenters. The Bertz CT molecular complexity index is 662. The Hall–Kier alpha value is -1.51. The number of nitrogens with zero attached hydrogens (tertiary/aromatic N) is 1. The molecule has 0 saturated carbocycles. The lowest BCUT2D eigenvalue weighted by Gasteiger charge is -2.33. The molecule has 0 bridgehead atoms. The van der Waals surface area contributed by atoms with E-state index in [-0.39, 0.29) is 12.2 Å². The first-order valence-corrected chi connectivity index (χ1v) is 9.39. The van der Waals surface area contributed by atoms with Crippen LogP contribution in [0.3, 0.4) is 0 Å². The number of hydrogen-bond donors (Lipinski definition) is 0. The summed E-state index contributed by atoms with van der Waals surface area (Å²) in [4.78, 5) is 13.8. The Balaban J connectivity index is 1.75. The second kappa shape index (κ2) is 8.73. The normalized spacial score (nSPS) is 15.5. The van der Waals surface area contributed by atoms with Gasteiger partial charge in [0, 0.05) is 23.1 Å². The Morgan fingerprint density at radius 3 is 2.64 bits per heavy atom. The Kier molecular flexibility index (Phi) is 6.92. The zero-order valence-electron chi connectivity index (χ0n) is 15.4. The van der Waals surface area contributed by atoms with E-state index < -0.39 is 5.60 Å². The van der Waals surface area contributed by atoms with Crippen molar-refractivity contribution in [3.63, 3.8) is 0 Å². The van der Waals surface area contributed by atoms with E-state index in [2.05, 4.69) is 27.8 Å². The van der Waals surface area contributed by atoms with Gasteiger partial charge < -0.3 is 14.4 Å². The molecule has 4 nitrogen and oxygen atoms in total. The van der Waals surface area contributed by atoms with Crippen LogP contribution in [0.15, 0.2) is 22.7 Å². The highest BCUT2D eigenvalue weighted by Gasteiger charge is 2.26. The molecule has 1 fully saturated rings. The van der Waals surface area contributed by atoms with Crippen LogP contribution in [0.5, 0.6) is 0 Å². The van der Waals surface area contributed by atoms with Gasteiger partial charge in [-0.05, 0) is 58.2 Å². The number of halogens is 1. The number of rotatable bonds is 2. The first-order chi connectivity index (χ1) is 11.8. The molecule has 1 amide bonds. The number of carbonyl (C=O) groups excluding carboxylic acids is 1. The van der Waals surface area contributed by atoms with Crippen molar-refractivity contribution in [3.05, 3.63) is 33.8 Å². The molecule has 0 aliphatic carbocycles. The number of hydrogen-bond acceptors (Lipinski definition) is 3. The van der Waals surface area contributed by atoms with Gasteiger partial charge in [-0.15, -0.1) is 0 Å². The van der Waals surface area contributed by atoms with Gasteiger partial charge in [-0.25, -0.2) is 4.79 Å². The van der Waals surface area contributed by atoms with Crippen molar-refractivity contribution in [2.45, 2.75) is 52.2 Å². The fraction of sp³-hybridized carbons (Fsp3) is 0.550. The molecule has 1 heterocycles. The van der Waals surface area contributed by atoms with Crippen molar-refractivity contribution < 1.29 is 14.3 Å². The highest BCUT2D eigenvalue weighted by atomic mass is 79.9. The monoisotopic (exact) mass is 407 g/mol. The van der Waals surface area contributed by atoms with E-state index in [9.17, 15) is 4.79 Å². The van der Waals surface area contributed by atoms with Crippen LogP contribution in [0.4, 0.5) is 4.79 Å². The van der Waals surface area contributed by atoms with Crippen molar-refractivity contribution in [2.24, 2.45) is 0 Å². The third-order valence-corrected chi connectivity index (χ3v) is 4.83. The van der Waals surface area contributed by atoms with Crippen molar-refractivity contribution in [2.75, 3.05) is 19.7 Å². The van der Waals surface area contributed by atoms with E-state index in [1.807, 2.05) is 45.9 Å². The molecule has 136 valence electrons. The summed E-state index contributed by atoms with van der Waals surface area (Å²) in [7, 11) is 0. The van der Waals surface area contributed by atoms with Crippen LogP contribution < -0.4 is 0 Å². The molecule has 1 aliphatic heterocycles. The standard InChI is InChI=1S/C20H26BrNO3/c1-15-16(7-5-9-18(15)21)8-6-14-24-17-10-12-22(13-11-17)19(23)25-20(2,3)4/h5,7,9,17H,10-14H2,1-4H3. The third-order valence-electron chi connectivity index (χ3n) is 3.98. The summed E-state index contributed by atoms with van der Waals surface area (Å²) in [5, 5.41) is 0. The predicted molar refractivity (Wildman–Crippen MR) is 103 cm³/mol. The first kappa shape index (κ1) is 19.8. The number of amides is 1. The maximum absolute atomic E-state index is 12.0. The Morgan fingerprint density at radius 1 is 1.32 bits per heavy atom. The summed E-state index contributed by atoms with van der Waals surface area (Å²) >= 11 is 3.51. The second-order valence-corrected chi connectivity index (χ2v) is 8.05. The number of carbonyl (C=O) groups is 1. The number of benzene rings is 1. The van der Waals surface area contributed by atoms with Crippen molar-refractivity contribution in [1.82, 2.24) is 4.90 Å². The van der Waals surface area contributed by atoms with Crippen molar-refractivity contribution >= 4 is 22.0 Å². The van der Waals surface area contributed by atoms with Gasteiger partial charge >= 0.3 is 6.09 Å². The van der Waals surface area contributed by atoms with Crippen LogP contribution in [0.1, 0.15) is 44.7 Å². The largest absolute Gasteiger partial charge is 0.444 e. The van der Waals surface area contributed by atoms with Gasteiger partial charge in [0.25, 0.3) is 0 Å². The van der Waals surface area contributed by atoms with Gasteiger partial charge in [-0.1, -0.05) is 33.8 Å². The highest BCUT2D eigenvalue weighted by Crippen LogP contribution is 2.19. The topological polar surface area (TPSA) is 38.8 Å². The van der Waals surface area contributed by atoms with Crippen LogP contribution in [0, 0.1) is 18.8 Å². The van der Waals surface area contributed by atoms with Gasteiger partial charge in [-0.2, -0.15) is 0 Å². The Morgan fingerprint density at radius 2 is 2.00 bits per heavy atom. The van der Waals surface area contributed by atoms with Crippen LogP contribution in [0.2, 0.25) is 0 Å². The lowest BCUT2D eigenvalue weighted by molar-refractivity contribution is -0.00374. The maximum atomic E-state index is 12.0. The highest BCUT2D eigenvalue weighted by molar-refractivity contribution is 9.10. The number of piperidine rings is 1. The van der Waals surface area contributed by atoms with E-state index in [1.54, 1.807) is 4.90 Å². The lowest BCUT2D eigenvalue weighted by atomic mass is 10.1. The maximum Gasteiger partial charge on any atom is 0.410 e. The van der Waals surface area contributed by atoms with Gasteiger partial charge in [-0.3, -0.25) is 0 Å². The summed E-state index contributed by atoms with van der Waals surface area (Å²) < 4.78 is 12.3. The molecule has 0 N–H and O–H groups in total. The van der Waals surface area contributed by atoms with E-state index >= 15 is 0 Å². The quantitative estimate of drug-likeness (QED) is 0.676. The molecule has 0 radical (unpaired) electrons. The molecule has 1 saturated heterocycles. The minimum Gasteiger partial charge on any atom is -0.444 e. The molecule has 0 spiro atoms. The molecule has 2 rings (SSSR count). The van der Waals surface area contributed by atoms with Crippen LogP contribution >= 0.6 is 15.9 Å². The summed E-state index contributed by atoms with van der Waals surface area (Å²) in [5.41, 5.74) is 1.70. The van der Waals surface area contributed by atoms with E-state index in [0.29, 0.717) is 19.7 Å². The van der Waals surface area contributed by atoms with Crippen LogP contribution in [-0.2, 0) is 9.47 Å². The molecule has 1 aromatic rings. The SMILES string of the molecule is Cc1c(Br)cccc1C#CCOC1CCN(C(=O)OC(C)(C)C)CC1. The van der Waals surface area contributed by atoms with E-state index in [1.165, 1.54) is 0 Å². The minimum absolute atomic E-state index is 0.150. The Labute approximate surface area is 159 Å². The number of likely N-dealkylation sites (tertiary alicyclic amines) is 1. The predicted octanol–water partition coefficient (Wildman–Crippen LogP) is 4.53. The summed E-state index contributed by atoms with van der Waals surface area (Å²) in [6, 6.07) is 6.00. The molecule has 0 aromatic heterocycles. The molecule has 5 heteroatoms. The fourth-order valence-corrected chi connectivity index (χ4v) is 2.93. The number of ether oxygens (including phenoxy) is 2. The average molecular weight is 408 g/mol. The van der Waals surface area contributed by atoms with Crippen molar-refractivity contribution in [1.29, 1.82) is 0 Å². The van der Waals surface area contributed by atoms with Crippen LogP contribution in [-0.4, -0.2) is 42.4 Å². The van der Waals surface area contributed by atoms with Gasteiger partial charge in [0.1, 0.15) is 12.2 Å². The summed E-state index contributed by atoms with van der Waals surface area (Å²) in [5.74, 6) is 6.24. The average Bonchev–Trinajstić information content (AvgIpc) is 2.54. The van der Waals surface area contributed by atoms with Gasteiger partial charge in [0.05, 0.1) is 6.10 Å². The first-order valence-electron chi connectivity index (χ1n) is 8.60. The van der Waals surface area contributed by atoms with E-state index in [0.717, 1.165) is 28.4 Å². The molecule has 0 atom stereocenters. The molecular weight excluding hydrogens is 382 g/mol. The summed E-state index contributed by atoms with van der Waals surface area (Å²) in [6.45, 7) is 9.42. The van der Waals surface area contributed by atoms with Crippen LogP contribution in [0.25, 0.3) is 0 Å². The summed E-state index contributed by atoms with van der Waals surface area (Å²) in [6.07, 6.45) is 1.54. The molecule has 25 heavy (non-hydrogen) atoms. The molecular formula is C20H26BrNO3. The zero-order valence-corrected chi connectivity index (χ0v) is 17.0. The van der Waals surface area contributed by atoms with Gasteiger partial charge in [0.2, 0.25) is 0 Å². The third kappa shape index (κ3) is 6.37. The second-order valence-electron chi connectivity index (χ2n) is 7.19. The smallest absolute Gasteiger partial charge is 0.410 e. The molecule has 1 aromatic carbocycles. The lowest BCUT2D eigenvalue weighted by Crippen LogP contribution is -2.43. The molecule has 1 aliphatic rings. The minimum atomic E-state index is -0.454. The van der Waals surface area contributed by atoms with E-state index in [4.69, 9.17) is 9.47 Å².